The van der Waals surface area contributed by atoms with Crippen LogP contribution in [0.4, 0.5) is 0 Å². The van der Waals surface area contributed by atoms with E-state index in [1.54, 1.807) is 19.1 Å². The van der Waals surface area contributed by atoms with Crippen LogP contribution in [0.15, 0.2) is 71.4 Å². The minimum absolute atomic E-state index is 0.472. The molecule has 0 aliphatic carbocycles. The van der Waals surface area contributed by atoms with E-state index in [1.165, 1.54) is 5.57 Å². The number of aliphatic hydroxyl groups is 4. The van der Waals surface area contributed by atoms with Gasteiger partial charge in [-0.3, -0.25) is 0 Å². The zero-order valence-corrected chi connectivity index (χ0v) is 18.2. The maximum Gasteiger partial charge on any atom is 0.119 e. The highest BCUT2D eigenvalue weighted by atomic mass is 16.6. The Morgan fingerprint density at radius 1 is 1.10 bits per heavy atom. The van der Waals surface area contributed by atoms with Gasteiger partial charge < -0.3 is 25.2 Å². The van der Waals surface area contributed by atoms with Crippen molar-refractivity contribution in [1.29, 1.82) is 0 Å². The summed E-state index contributed by atoms with van der Waals surface area (Å²) in [4.78, 5) is 0. The van der Waals surface area contributed by atoms with Crippen molar-refractivity contribution in [2.45, 2.75) is 71.1 Å². The molecule has 1 saturated heterocycles. The first-order chi connectivity index (χ1) is 13.5. The fourth-order valence-electron chi connectivity index (χ4n) is 3.29. The van der Waals surface area contributed by atoms with Gasteiger partial charge in [-0.05, 0) is 57.8 Å². The fraction of sp³-hybridized carbons (Fsp3) is 0.500. The zero-order valence-electron chi connectivity index (χ0n) is 18.2. The molecule has 5 heteroatoms. The highest BCUT2D eigenvalue weighted by molar-refractivity contribution is 5.43. The van der Waals surface area contributed by atoms with Crippen LogP contribution in [0.5, 0.6) is 0 Å². The van der Waals surface area contributed by atoms with Crippen LogP contribution in [-0.4, -0.2) is 57.0 Å². The van der Waals surface area contributed by atoms with Crippen molar-refractivity contribution >= 4 is 0 Å². The summed E-state index contributed by atoms with van der Waals surface area (Å²) in [6.45, 7) is 16.9. The van der Waals surface area contributed by atoms with Crippen LogP contribution in [0.2, 0.25) is 0 Å². The number of hydrogen-bond donors (Lipinski definition) is 4. The first kappa shape index (κ1) is 25.3. The van der Waals surface area contributed by atoms with E-state index in [0.29, 0.717) is 12.0 Å². The molecule has 162 valence electrons. The second-order valence-corrected chi connectivity index (χ2v) is 7.93. The Hall–Kier alpha value is -1.76. The van der Waals surface area contributed by atoms with E-state index < -0.39 is 36.6 Å². The lowest BCUT2D eigenvalue weighted by atomic mass is 9.79. The van der Waals surface area contributed by atoms with E-state index in [1.807, 2.05) is 45.9 Å². The number of aliphatic hydroxyl groups excluding tert-OH is 4. The Bertz CT molecular complexity index is 722. The summed E-state index contributed by atoms with van der Waals surface area (Å²) in [5.41, 5.74) is 3.27. The molecule has 4 N–H and O–H groups in total. The summed E-state index contributed by atoms with van der Waals surface area (Å²) in [5, 5.41) is 40.5. The van der Waals surface area contributed by atoms with Gasteiger partial charge in [0.1, 0.15) is 30.0 Å². The zero-order chi connectivity index (χ0) is 22.4. The minimum Gasteiger partial charge on any atom is -0.394 e. The smallest absolute Gasteiger partial charge is 0.119 e. The third-order valence-corrected chi connectivity index (χ3v) is 5.24. The van der Waals surface area contributed by atoms with Gasteiger partial charge in [-0.2, -0.15) is 0 Å². The van der Waals surface area contributed by atoms with Gasteiger partial charge >= 0.3 is 0 Å². The van der Waals surface area contributed by atoms with Gasteiger partial charge in [-0.1, -0.05) is 54.7 Å². The Morgan fingerprint density at radius 3 is 2.17 bits per heavy atom. The molecular formula is C24H36O5. The van der Waals surface area contributed by atoms with Crippen molar-refractivity contribution in [2.75, 3.05) is 6.61 Å². The number of ether oxygens (including phenoxy) is 1. The molecule has 1 rings (SSSR count). The van der Waals surface area contributed by atoms with E-state index >= 15 is 0 Å². The van der Waals surface area contributed by atoms with Gasteiger partial charge in [0.25, 0.3) is 0 Å². The Kier molecular flexibility index (Phi) is 9.46. The van der Waals surface area contributed by atoms with Crippen molar-refractivity contribution in [1.82, 2.24) is 0 Å². The van der Waals surface area contributed by atoms with Crippen LogP contribution in [-0.2, 0) is 4.74 Å². The molecule has 1 aliphatic rings. The Morgan fingerprint density at radius 2 is 1.72 bits per heavy atom. The maximum atomic E-state index is 10.7. The topological polar surface area (TPSA) is 90.2 Å². The molecule has 0 aromatic heterocycles. The molecule has 0 saturated carbocycles. The monoisotopic (exact) mass is 404 g/mol. The van der Waals surface area contributed by atoms with Gasteiger partial charge in [0, 0.05) is 0 Å². The summed E-state index contributed by atoms with van der Waals surface area (Å²) >= 11 is 0. The number of hydrogen-bond acceptors (Lipinski definition) is 5. The lowest BCUT2D eigenvalue weighted by molar-refractivity contribution is -0.254. The molecular weight excluding hydrogens is 368 g/mol. The summed E-state index contributed by atoms with van der Waals surface area (Å²) in [6.07, 6.45) is 4.89. The minimum atomic E-state index is -1.44. The van der Waals surface area contributed by atoms with Crippen LogP contribution in [0.3, 0.4) is 0 Å². The molecule has 0 radical (unpaired) electrons. The highest BCUT2D eigenvalue weighted by Crippen LogP contribution is 2.37. The van der Waals surface area contributed by atoms with Crippen LogP contribution in [0.1, 0.15) is 41.0 Å². The fourth-order valence-corrected chi connectivity index (χ4v) is 3.29. The summed E-state index contributed by atoms with van der Waals surface area (Å²) < 4.78 is 5.87. The maximum absolute atomic E-state index is 10.7. The van der Waals surface area contributed by atoms with E-state index in [2.05, 4.69) is 13.2 Å². The standard InChI is InChI=1S/C24H36O5/c1-8-17(11-10-15(3)4)12-18(16(5)6)13-19(9-2)24(7)23(28)22(27)21(26)20(14-25)29-24/h8-11,13,20-23,25-28H,1,5,12,14H2,2-4,6-7H3/b17-11+,18-13-,19-9+/t20-,21+,22-,23+,24-/m0/s1. The normalized spacial score (nSPS) is 31.4. The largest absolute Gasteiger partial charge is 0.394 e. The molecule has 29 heavy (non-hydrogen) atoms. The predicted molar refractivity (Wildman–Crippen MR) is 117 cm³/mol. The number of allylic oxidation sites excluding steroid dienone is 8. The van der Waals surface area contributed by atoms with Gasteiger partial charge in [0.15, 0.2) is 0 Å². The van der Waals surface area contributed by atoms with Crippen LogP contribution in [0.25, 0.3) is 0 Å². The molecule has 1 fully saturated rings. The lowest BCUT2D eigenvalue weighted by Crippen LogP contribution is -2.64. The molecule has 5 nitrogen and oxygen atoms in total. The first-order valence-electron chi connectivity index (χ1n) is 9.84. The summed E-state index contributed by atoms with van der Waals surface area (Å²) in [7, 11) is 0. The second kappa shape index (κ2) is 10.9. The van der Waals surface area contributed by atoms with E-state index in [9.17, 15) is 20.4 Å². The van der Waals surface area contributed by atoms with Gasteiger partial charge in [0.2, 0.25) is 0 Å². The molecule has 0 spiro atoms. The average Bonchev–Trinajstić information content (AvgIpc) is 2.68. The van der Waals surface area contributed by atoms with E-state index in [-0.39, 0.29) is 0 Å². The lowest BCUT2D eigenvalue weighted by Gasteiger charge is -2.47. The molecule has 0 unspecified atom stereocenters. The SMILES string of the molecule is C=C/C(=C\C=C(C)C)C/C(=C/C(=C\C)[C@]1(C)O[C@@H](CO)[C@@H](O)[C@H](O)[C@H]1O)C(=C)C. The van der Waals surface area contributed by atoms with Crippen LogP contribution >= 0.6 is 0 Å². The first-order valence-corrected chi connectivity index (χ1v) is 9.84. The molecule has 5 atom stereocenters. The van der Waals surface area contributed by atoms with Crippen molar-refractivity contribution in [3.8, 4) is 0 Å². The van der Waals surface area contributed by atoms with Crippen molar-refractivity contribution in [2.24, 2.45) is 0 Å². The molecule has 1 heterocycles. The third-order valence-electron chi connectivity index (χ3n) is 5.24. The van der Waals surface area contributed by atoms with Gasteiger partial charge in [0.05, 0.1) is 6.61 Å². The average molecular weight is 405 g/mol. The molecule has 0 aromatic rings. The molecule has 0 amide bonds. The molecule has 1 aliphatic heterocycles. The quantitative estimate of drug-likeness (QED) is 0.467. The van der Waals surface area contributed by atoms with Crippen LogP contribution in [0, 0.1) is 0 Å². The van der Waals surface area contributed by atoms with Gasteiger partial charge in [-0.15, -0.1) is 0 Å². The third kappa shape index (κ3) is 6.11. The van der Waals surface area contributed by atoms with Crippen molar-refractivity contribution < 1.29 is 25.2 Å². The van der Waals surface area contributed by atoms with Crippen molar-refractivity contribution in [3.63, 3.8) is 0 Å². The van der Waals surface area contributed by atoms with Crippen LogP contribution < -0.4 is 0 Å². The Balaban J connectivity index is 3.35. The second-order valence-electron chi connectivity index (χ2n) is 7.93. The van der Waals surface area contributed by atoms with Gasteiger partial charge in [-0.25, -0.2) is 0 Å². The van der Waals surface area contributed by atoms with Crippen molar-refractivity contribution in [3.05, 3.63) is 71.4 Å². The highest BCUT2D eigenvalue weighted by Gasteiger charge is 2.51. The summed E-state index contributed by atoms with van der Waals surface area (Å²) in [6, 6.07) is 0. The van der Waals surface area contributed by atoms with E-state index in [4.69, 9.17) is 4.74 Å². The predicted octanol–water partition coefficient (Wildman–Crippen LogP) is 3.14. The summed E-state index contributed by atoms with van der Waals surface area (Å²) in [5.74, 6) is 0. The van der Waals surface area contributed by atoms with E-state index in [0.717, 1.165) is 16.7 Å². The number of rotatable bonds is 8. The molecule has 0 aromatic carbocycles. The molecule has 0 bridgehead atoms. The Labute approximate surface area is 174 Å².